The number of aromatic amines is 1. The van der Waals surface area contributed by atoms with Crippen molar-refractivity contribution in [2.75, 3.05) is 44.7 Å². The summed E-state index contributed by atoms with van der Waals surface area (Å²) in [6, 6.07) is 22.8. The summed E-state index contributed by atoms with van der Waals surface area (Å²) in [5, 5.41) is 5.02. The number of nitrogens with one attached hydrogen (secondary N) is 3. The molecule has 3 N–H and O–H groups in total. The molecule has 0 saturated carbocycles. The Hall–Kier alpha value is -6.69. The minimum absolute atomic E-state index is 0.0676. The molecule has 0 aliphatic heterocycles. The van der Waals surface area contributed by atoms with Crippen molar-refractivity contribution >= 4 is 45.7 Å². The van der Waals surface area contributed by atoms with Crippen LogP contribution in [0.4, 0.5) is 29.2 Å². The monoisotopic (exact) mass is 946 g/mol. The lowest BCUT2D eigenvalue weighted by molar-refractivity contribution is -0.137. The zero-order valence-electron chi connectivity index (χ0n) is 36.3. The molecule has 0 saturated heterocycles. The highest BCUT2D eigenvalue weighted by atomic mass is 35.5. The zero-order valence-corrected chi connectivity index (χ0v) is 37.8. The summed E-state index contributed by atoms with van der Waals surface area (Å²) >= 11 is 13.1. The molecule has 19 heteroatoms. The summed E-state index contributed by atoms with van der Waals surface area (Å²) in [6.07, 6.45) is -1.97. The lowest BCUT2D eigenvalue weighted by atomic mass is 9.98. The van der Waals surface area contributed by atoms with E-state index in [4.69, 9.17) is 42.1 Å². The van der Waals surface area contributed by atoms with Crippen molar-refractivity contribution in [1.82, 2.24) is 30.2 Å². The van der Waals surface area contributed by atoms with E-state index in [1.807, 2.05) is 55.5 Å². The lowest BCUT2D eigenvalue weighted by Crippen LogP contribution is -2.26. The van der Waals surface area contributed by atoms with Crippen LogP contribution in [0.3, 0.4) is 0 Å². The number of fused-ring (bicyclic) bond motifs is 1. The first-order chi connectivity index (χ1) is 31.7. The van der Waals surface area contributed by atoms with Crippen LogP contribution in [0.2, 0.25) is 10.3 Å². The minimum Gasteiger partial charge on any atom is -0.497 e. The molecule has 66 heavy (non-hydrogen) atoms. The van der Waals surface area contributed by atoms with Gasteiger partial charge in [-0.3, -0.25) is 9.78 Å². The first-order valence-electron chi connectivity index (χ1n) is 20.4. The summed E-state index contributed by atoms with van der Waals surface area (Å²) in [5.74, 6) is 0.818. The zero-order chi connectivity index (χ0) is 47.1. The molecule has 0 spiro atoms. The van der Waals surface area contributed by atoms with Gasteiger partial charge in [-0.1, -0.05) is 48.0 Å². The van der Waals surface area contributed by atoms with Crippen molar-refractivity contribution in [3.63, 3.8) is 0 Å². The third-order valence-electron chi connectivity index (χ3n) is 10.7. The summed E-state index contributed by atoms with van der Waals surface area (Å²) < 4.78 is 84.7. The number of rotatable bonds is 18. The van der Waals surface area contributed by atoms with E-state index in [0.717, 1.165) is 28.0 Å². The van der Waals surface area contributed by atoms with E-state index in [-0.39, 0.29) is 43.7 Å². The maximum absolute atomic E-state index is 17.1. The molecule has 1 atom stereocenters. The number of H-pyrrole nitrogens is 1. The van der Waals surface area contributed by atoms with Gasteiger partial charge in [-0.2, -0.15) is 13.2 Å². The van der Waals surface area contributed by atoms with E-state index in [1.54, 1.807) is 42.5 Å². The van der Waals surface area contributed by atoms with Gasteiger partial charge in [0, 0.05) is 44.0 Å². The van der Waals surface area contributed by atoms with Gasteiger partial charge in [-0.15, -0.1) is 0 Å². The average molecular weight is 948 g/mol. The minimum atomic E-state index is -5.05. The van der Waals surface area contributed by atoms with Gasteiger partial charge < -0.3 is 34.5 Å². The fraction of sp³-hybridized carbons (Fsp3) is 0.255. The Labute approximate surface area is 387 Å². The molecule has 3 heterocycles. The van der Waals surface area contributed by atoms with Gasteiger partial charge in [0.1, 0.15) is 52.7 Å². The predicted molar refractivity (Wildman–Crippen MR) is 245 cm³/mol. The van der Waals surface area contributed by atoms with Gasteiger partial charge in [0.25, 0.3) is 5.56 Å². The standard InChI is InChI=1S/C47H44Cl2F4N8O5/c1-26-20-35(61(23-29-8-14-32(64-4)15-9-29)24-30-10-16-33(65-5)17-11-30)58-41(38(26)47(51,52)53)36-39(48)43(37-42(40(36)50)59-46(49)60-45(37)62)66-19-18-55-27(2)34-22-54-25-57-44(34)56-21-28-6-12-31(63-3)13-7-28/h6-17,20,22,25,27,55H,18-19,21,23-24H2,1-5H3,(H,54,56,57)(H,59,60,62)/t27-/m1/s1. The van der Waals surface area contributed by atoms with Crippen molar-refractivity contribution in [3.05, 3.63) is 151 Å². The first kappa shape index (κ1) is 47.3. The predicted octanol–water partition coefficient (Wildman–Crippen LogP) is 10.1. The topological polar surface area (TPSA) is 149 Å². The highest BCUT2D eigenvalue weighted by Crippen LogP contribution is 2.47. The van der Waals surface area contributed by atoms with Gasteiger partial charge in [-0.25, -0.2) is 24.3 Å². The van der Waals surface area contributed by atoms with E-state index in [9.17, 15) is 4.79 Å². The summed E-state index contributed by atoms with van der Waals surface area (Å²) in [4.78, 5) is 34.6. The Morgan fingerprint density at radius 3 is 1.98 bits per heavy atom. The van der Waals surface area contributed by atoms with Crippen LogP contribution in [0.5, 0.6) is 23.0 Å². The smallest absolute Gasteiger partial charge is 0.418 e. The molecule has 13 nitrogen and oxygen atoms in total. The average Bonchev–Trinajstić information content (AvgIpc) is 3.30. The number of ether oxygens (including phenoxy) is 4. The highest BCUT2D eigenvalue weighted by molar-refractivity contribution is 6.36. The number of methoxy groups -OCH3 is 3. The molecule has 4 aromatic carbocycles. The van der Waals surface area contributed by atoms with Crippen LogP contribution in [-0.2, 0) is 25.8 Å². The molecule has 7 aromatic rings. The number of pyridine rings is 1. The van der Waals surface area contributed by atoms with E-state index >= 15 is 17.6 Å². The second-order valence-electron chi connectivity index (χ2n) is 15.0. The van der Waals surface area contributed by atoms with Crippen molar-refractivity contribution in [3.8, 4) is 34.3 Å². The Balaban J connectivity index is 1.24. The number of hydrogen-bond acceptors (Lipinski definition) is 12. The highest BCUT2D eigenvalue weighted by Gasteiger charge is 2.40. The molecule has 0 radical (unpaired) electrons. The summed E-state index contributed by atoms with van der Waals surface area (Å²) in [7, 11) is 4.67. The molecule has 3 aromatic heterocycles. The number of halogens is 6. The van der Waals surface area contributed by atoms with Crippen LogP contribution >= 0.6 is 23.2 Å². The Morgan fingerprint density at radius 1 is 0.848 bits per heavy atom. The summed E-state index contributed by atoms with van der Waals surface area (Å²) in [6.45, 7) is 3.86. The molecule has 0 amide bonds. The Morgan fingerprint density at radius 2 is 1.42 bits per heavy atom. The van der Waals surface area contributed by atoms with Crippen LogP contribution in [0.1, 0.15) is 46.3 Å². The van der Waals surface area contributed by atoms with Crippen molar-refractivity contribution in [1.29, 1.82) is 0 Å². The van der Waals surface area contributed by atoms with Gasteiger partial charge in [0.05, 0.1) is 43.2 Å². The molecule has 0 aliphatic carbocycles. The van der Waals surface area contributed by atoms with Gasteiger partial charge >= 0.3 is 6.18 Å². The second kappa shape index (κ2) is 20.6. The van der Waals surface area contributed by atoms with Crippen LogP contribution < -0.4 is 40.0 Å². The quantitative estimate of drug-likeness (QED) is 0.0427. The Bertz CT molecular complexity index is 2820. The largest absolute Gasteiger partial charge is 0.497 e. The number of nitrogens with zero attached hydrogens (tertiary/aromatic N) is 5. The Kier molecular flexibility index (Phi) is 14.8. The van der Waals surface area contributed by atoms with Gasteiger partial charge in [0.2, 0.25) is 5.28 Å². The van der Waals surface area contributed by atoms with Crippen molar-refractivity contribution in [2.45, 2.75) is 45.7 Å². The van der Waals surface area contributed by atoms with E-state index in [0.29, 0.717) is 23.9 Å². The fourth-order valence-corrected chi connectivity index (χ4v) is 7.84. The SMILES string of the molecule is COc1ccc(CNc2ncncc2[C@@H](C)NCCOc2c(Cl)c(-c3nc(N(Cc4ccc(OC)cc4)Cc4ccc(OC)cc4)cc(C)c3C(F)(F)F)c(F)c3nc(Cl)[nH]c(=O)c23)cc1. The third kappa shape index (κ3) is 10.7. The molecule has 7 rings (SSSR count). The number of anilines is 2. The molecular formula is C47H44Cl2F4N8O5. The number of aromatic nitrogens is 5. The maximum Gasteiger partial charge on any atom is 0.418 e. The van der Waals surface area contributed by atoms with E-state index < -0.39 is 61.3 Å². The van der Waals surface area contributed by atoms with Gasteiger partial charge in [0.15, 0.2) is 11.6 Å². The number of hydrogen-bond donors (Lipinski definition) is 3. The summed E-state index contributed by atoms with van der Waals surface area (Å²) in [5.41, 5.74) is -1.48. The maximum atomic E-state index is 17.1. The van der Waals surface area contributed by atoms with Crippen LogP contribution in [0.25, 0.3) is 22.2 Å². The number of alkyl halides is 3. The lowest BCUT2D eigenvalue weighted by Gasteiger charge is -2.27. The molecule has 0 bridgehead atoms. The molecule has 344 valence electrons. The molecule has 0 fully saturated rings. The van der Waals surface area contributed by atoms with Gasteiger partial charge in [-0.05, 0) is 90.2 Å². The van der Waals surface area contributed by atoms with Crippen LogP contribution in [-0.4, -0.2) is 59.4 Å². The number of benzene rings is 4. The molecular weight excluding hydrogens is 903 g/mol. The van der Waals surface area contributed by atoms with E-state index in [2.05, 4.69) is 35.6 Å². The normalized spacial score (nSPS) is 11.9. The molecule has 0 unspecified atom stereocenters. The molecule has 0 aliphatic rings. The van der Waals surface area contributed by atoms with E-state index in [1.165, 1.54) is 33.5 Å². The third-order valence-corrected chi connectivity index (χ3v) is 11.2. The van der Waals surface area contributed by atoms with Crippen molar-refractivity contribution in [2.24, 2.45) is 0 Å². The fourth-order valence-electron chi connectivity index (χ4n) is 7.35. The number of aryl methyl sites for hydroxylation is 1. The van der Waals surface area contributed by atoms with Crippen molar-refractivity contribution < 1.29 is 36.5 Å². The van der Waals surface area contributed by atoms with Crippen LogP contribution in [0, 0.1) is 12.7 Å². The second-order valence-corrected chi connectivity index (χ2v) is 15.8. The van der Waals surface area contributed by atoms with Crippen LogP contribution in [0.15, 0.2) is 96.2 Å². The first-order valence-corrected chi connectivity index (χ1v) is 21.2.